The molecular weight excluding hydrogens is 114 g/mol. The monoisotopic (exact) mass is 118 g/mol. The van der Waals surface area contributed by atoms with E-state index in [4.69, 9.17) is 0 Å². The average Bonchev–Trinajstić information content (AvgIpc) is 2.33. The summed E-state index contributed by atoms with van der Waals surface area (Å²) in [5.74, 6) is 0. The molecule has 43 valence electrons. The molecule has 2 aromatic rings. The van der Waals surface area contributed by atoms with Crippen LogP contribution in [0.2, 0.25) is 0 Å². The van der Waals surface area contributed by atoms with E-state index in [0.29, 0.717) is 0 Å². The molecule has 0 bridgehead atoms. The summed E-state index contributed by atoms with van der Waals surface area (Å²) in [6.07, 6.45) is 6.25. The predicted octanol–water partition coefficient (Wildman–Crippen LogP) is 0.758. The molecule has 2 aromatic heterocycles. The zero-order valence-corrected chi connectivity index (χ0v) is 4.63. The van der Waals surface area contributed by atoms with Crippen LogP contribution in [0.3, 0.4) is 0 Å². The molecule has 1 radical (unpaired) electrons. The number of hydrogen-bond donors (Lipinski definition) is 1. The molecule has 3 heteroatoms. The zero-order chi connectivity index (χ0) is 6.10. The number of hydrogen-bond acceptors (Lipinski definition) is 2. The average molecular weight is 118 g/mol. The van der Waals surface area contributed by atoms with Gasteiger partial charge in [-0.05, 0) is 6.07 Å². The number of aromatic amines is 1. The highest BCUT2D eigenvalue weighted by atomic mass is 15.1. The number of fused-ring (bicyclic) bond motifs is 1. The van der Waals surface area contributed by atoms with Crippen LogP contribution in [-0.4, -0.2) is 15.2 Å². The SMILES string of the molecule is [c]1nncc2cc[nH]c12. The Morgan fingerprint density at radius 3 is 3.44 bits per heavy atom. The molecule has 3 nitrogen and oxygen atoms in total. The molecule has 0 atom stereocenters. The van der Waals surface area contributed by atoms with Gasteiger partial charge in [-0.2, -0.15) is 5.10 Å². The van der Waals surface area contributed by atoms with E-state index in [1.165, 1.54) is 0 Å². The van der Waals surface area contributed by atoms with Crippen LogP contribution in [0.4, 0.5) is 0 Å². The Labute approximate surface area is 51.7 Å². The van der Waals surface area contributed by atoms with E-state index in [-0.39, 0.29) is 0 Å². The van der Waals surface area contributed by atoms with E-state index in [1.807, 2.05) is 12.3 Å². The minimum absolute atomic E-state index is 0.907. The van der Waals surface area contributed by atoms with Gasteiger partial charge in [-0.1, -0.05) is 0 Å². The van der Waals surface area contributed by atoms with Crippen molar-refractivity contribution >= 4 is 10.9 Å². The third-order valence-electron chi connectivity index (χ3n) is 1.20. The summed E-state index contributed by atoms with van der Waals surface area (Å²) >= 11 is 0. The Bertz CT molecular complexity index is 282. The van der Waals surface area contributed by atoms with E-state index < -0.39 is 0 Å². The maximum absolute atomic E-state index is 3.66. The molecule has 0 saturated heterocycles. The molecule has 0 unspecified atom stereocenters. The van der Waals surface area contributed by atoms with Crippen molar-refractivity contribution < 1.29 is 0 Å². The van der Waals surface area contributed by atoms with Crippen LogP contribution in [-0.2, 0) is 0 Å². The standard InChI is InChI=1S/C6H4N3/c1-2-7-6-4-9-8-3-5(1)6/h1-3,7H. The first-order valence-electron chi connectivity index (χ1n) is 2.63. The smallest absolute Gasteiger partial charge is 0.139 e. The maximum Gasteiger partial charge on any atom is 0.139 e. The van der Waals surface area contributed by atoms with Crippen molar-refractivity contribution in [3.8, 4) is 0 Å². The van der Waals surface area contributed by atoms with E-state index >= 15 is 0 Å². The third-order valence-corrected chi connectivity index (χ3v) is 1.20. The van der Waals surface area contributed by atoms with E-state index in [2.05, 4.69) is 21.4 Å². The number of nitrogens with zero attached hydrogens (tertiary/aromatic N) is 2. The number of aromatic nitrogens is 3. The van der Waals surface area contributed by atoms with Gasteiger partial charge in [-0.3, -0.25) is 0 Å². The molecule has 0 aliphatic rings. The van der Waals surface area contributed by atoms with Crippen molar-refractivity contribution in [2.24, 2.45) is 0 Å². The van der Waals surface area contributed by atoms with Gasteiger partial charge in [0, 0.05) is 11.6 Å². The summed E-state index contributed by atoms with van der Waals surface area (Å²) in [7, 11) is 0. The molecule has 2 heterocycles. The molecule has 0 fully saturated rings. The van der Waals surface area contributed by atoms with Gasteiger partial charge < -0.3 is 4.98 Å². The van der Waals surface area contributed by atoms with Gasteiger partial charge in [-0.15, -0.1) is 5.10 Å². The van der Waals surface area contributed by atoms with Gasteiger partial charge in [0.15, 0.2) is 0 Å². The van der Waals surface area contributed by atoms with Crippen molar-refractivity contribution in [1.29, 1.82) is 0 Å². The molecule has 0 aromatic carbocycles. The van der Waals surface area contributed by atoms with Crippen LogP contribution in [0.15, 0.2) is 18.5 Å². The number of nitrogens with one attached hydrogen (secondary N) is 1. The van der Waals surface area contributed by atoms with Crippen LogP contribution < -0.4 is 0 Å². The molecule has 0 amide bonds. The minimum Gasteiger partial charge on any atom is -0.359 e. The third kappa shape index (κ3) is 0.579. The largest absolute Gasteiger partial charge is 0.359 e. The van der Waals surface area contributed by atoms with Crippen LogP contribution in [0.5, 0.6) is 0 Å². The lowest BCUT2D eigenvalue weighted by atomic mass is 10.4. The second kappa shape index (κ2) is 1.55. The molecule has 0 saturated carbocycles. The zero-order valence-electron chi connectivity index (χ0n) is 4.63. The predicted molar refractivity (Wildman–Crippen MR) is 32.7 cm³/mol. The molecule has 1 N–H and O–H groups in total. The van der Waals surface area contributed by atoms with Gasteiger partial charge in [-0.25, -0.2) is 0 Å². The van der Waals surface area contributed by atoms with Gasteiger partial charge in [0.2, 0.25) is 0 Å². The summed E-state index contributed by atoms with van der Waals surface area (Å²) in [5, 5.41) is 8.28. The quantitative estimate of drug-likeness (QED) is 0.554. The normalized spacial score (nSPS) is 10.2. The molecule has 2 rings (SSSR count). The summed E-state index contributed by atoms with van der Waals surface area (Å²) in [6.45, 7) is 0. The van der Waals surface area contributed by atoms with Crippen LogP contribution in [0, 0.1) is 6.20 Å². The van der Waals surface area contributed by atoms with Crippen LogP contribution in [0.1, 0.15) is 0 Å². The van der Waals surface area contributed by atoms with Crippen LogP contribution >= 0.6 is 0 Å². The second-order valence-corrected chi connectivity index (χ2v) is 1.76. The summed E-state index contributed by atoms with van der Waals surface area (Å²) in [4.78, 5) is 2.96. The Kier molecular flexibility index (Phi) is 0.773. The Morgan fingerprint density at radius 1 is 1.56 bits per heavy atom. The maximum atomic E-state index is 3.66. The molecule has 0 aliphatic carbocycles. The Balaban J connectivity index is 2.95. The summed E-state index contributed by atoms with van der Waals surface area (Å²) < 4.78 is 0. The van der Waals surface area contributed by atoms with Gasteiger partial charge in [0.25, 0.3) is 0 Å². The molecular formula is C6H4N3. The Morgan fingerprint density at radius 2 is 2.56 bits per heavy atom. The first kappa shape index (κ1) is 4.49. The van der Waals surface area contributed by atoms with Gasteiger partial charge in [0.05, 0.1) is 11.7 Å². The minimum atomic E-state index is 0.907. The Hall–Kier alpha value is -1.38. The first-order valence-corrected chi connectivity index (χ1v) is 2.63. The fraction of sp³-hybridized carbons (Fsp3) is 0. The van der Waals surface area contributed by atoms with E-state index in [0.717, 1.165) is 10.9 Å². The van der Waals surface area contributed by atoms with Gasteiger partial charge in [0.1, 0.15) is 6.20 Å². The molecule has 0 aliphatic heterocycles. The highest BCUT2D eigenvalue weighted by Crippen LogP contribution is 2.05. The first-order chi connectivity index (χ1) is 4.47. The lowest BCUT2D eigenvalue weighted by Gasteiger charge is -1.80. The van der Waals surface area contributed by atoms with Crippen molar-refractivity contribution in [3.63, 3.8) is 0 Å². The second-order valence-electron chi connectivity index (χ2n) is 1.76. The van der Waals surface area contributed by atoms with Crippen molar-refractivity contribution in [2.45, 2.75) is 0 Å². The van der Waals surface area contributed by atoms with E-state index in [1.54, 1.807) is 6.20 Å². The fourth-order valence-corrected chi connectivity index (χ4v) is 0.756. The fourth-order valence-electron chi connectivity index (χ4n) is 0.756. The lowest BCUT2D eigenvalue weighted by Crippen LogP contribution is -1.76. The van der Waals surface area contributed by atoms with Crippen molar-refractivity contribution in [2.75, 3.05) is 0 Å². The summed E-state index contributed by atoms with van der Waals surface area (Å²) in [6, 6.07) is 1.93. The topological polar surface area (TPSA) is 41.6 Å². The van der Waals surface area contributed by atoms with E-state index in [9.17, 15) is 0 Å². The highest BCUT2D eigenvalue weighted by Gasteiger charge is 1.89. The molecule has 0 spiro atoms. The molecule has 9 heavy (non-hydrogen) atoms. The number of rotatable bonds is 0. The lowest BCUT2D eigenvalue weighted by molar-refractivity contribution is 1.04. The van der Waals surface area contributed by atoms with Gasteiger partial charge >= 0.3 is 0 Å². The highest BCUT2D eigenvalue weighted by molar-refractivity contribution is 5.76. The van der Waals surface area contributed by atoms with Crippen molar-refractivity contribution in [1.82, 2.24) is 15.2 Å². The van der Waals surface area contributed by atoms with Crippen LogP contribution in [0.25, 0.3) is 10.9 Å². The number of H-pyrrole nitrogens is 1. The summed E-state index contributed by atoms with van der Waals surface area (Å²) in [5.41, 5.74) is 0.907. The van der Waals surface area contributed by atoms with Crippen molar-refractivity contribution in [3.05, 3.63) is 24.7 Å².